The number of nitrogens with zero attached hydrogens (tertiary/aromatic N) is 2. The van der Waals surface area contributed by atoms with Gasteiger partial charge in [0, 0.05) is 12.4 Å². The summed E-state index contributed by atoms with van der Waals surface area (Å²) >= 11 is 5.86. The quantitative estimate of drug-likeness (QED) is 0.831. The number of aryl methyl sites for hydroxylation is 1. The van der Waals surface area contributed by atoms with E-state index >= 15 is 0 Å². The van der Waals surface area contributed by atoms with Gasteiger partial charge in [0.25, 0.3) is 0 Å². The van der Waals surface area contributed by atoms with E-state index < -0.39 is 12.1 Å². The fourth-order valence-electron chi connectivity index (χ4n) is 1.54. The Hall–Kier alpha value is -1.59. The van der Waals surface area contributed by atoms with E-state index in [-0.39, 0.29) is 0 Å². The first-order chi connectivity index (χ1) is 7.50. The summed E-state index contributed by atoms with van der Waals surface area (Å²) in [6, 6.07) is 4.73. The van der Waals surface area contributed by atoms with Crippen molar-refractivity contribution in [2.75, 3.05) is 0 Å². The molecule has 84 valence electrons. The molecule has 1 aromatic carbocycles. The van der Waals surface area contributed by atoms with Gasteiger partial charge in [-0.15, -0.1) is 0 Å². The number of carboxylic acids is 1. The van der Waals surface area contributed by atoms with E-state index in [4.69, 9.17) is 16.7 Å². The molecule has 1 unspecified atom stereocenters. The maximum Gasteiger partial charge on any atom is 0.337 e. The highest BCUT2D eigenvalue weighted by molar-refractivity contribution is 6.34. The summed E-state index contributed by atoms with van der Waals surface area (Å²) in [4.78, 5) is 10.6. The Kier molecular flexibility index (Phi) is 2.57. The van der Waals surface area contributed by atoms with Crippen molar-refractivity contribution in [3.63, 3.8) is 0 Å². The molecule has 0 saturated heterocycles. The second kappa shape index (κ2) is 3.77. The summed E-state index contributed by atoms with van der Waals surface area (Å²) in [6.07, 6.45) is -1.53. The number of aliphatic carboxylic acids is 1. The average molecular weight is 241 g/mol. The lowest BCUT2D eigenvalue weighted by atomic mass is 10.1. The van der Waals surface area contributed by atoms with Crippen molar-refractivity contribution < 1.29 is 15.0 Å². The molecule has 1 atom stereocenters. The van der Waals surface area contributed by atoms with Gasteiger partial charge < -0.3 is 10.2 Å². The lowest BCUT2D eigenvalue weighted by molar-refractivity contribution is -0.146. The number of aromatic nitrogens is 2. The van der Waals surface area contributed by atoms with Crippen LogP contribution in [0.1, 0.15) is 11.7 Å². The molecule has 0 aliphatic carbocycles. The van der Waals surface area contributed by atoms with Gasteiger partial charge in [0.2, 0.25) is 0 Å². The third-order valence-corrected chi connectivity index (χ3v) is 2.66. The number of halogens is 1. The summed E-state index contributed by atoms with van der Waals surface area (Å²) in [7, 11) is 1.70. The van der Waals surface area contributed by atoms with Crippen molar-refractivity contribution in [1.29, 1.82) is 0 Å². The molecule has 0 aliphatic rings. The fourth-order valence-corrected chi connectivity index (χ4v) is 1.82. The molecule has 0 aliphatic heterocycles. The number of carboxylic acid groups (broad SMARTS) is 1. The Morgan fingerprint density at radius 2 is 2.25 bits per heavy atom. The van der Waals surface area contributed by atoms with Crippen LogP contribution in [0.4, 0.5) is 0 Å². The van der Waals surface area contributed by atoms with E-state index in [0.717, 1.165) is 5.39 Å². The van der Waals surface area contributed by atoms with Crippen molar-refractivity contribution in [1.82, 2.24) is 9.78 Å². The van der Waals surface area contributed by atoms with E-state index in [0.29, 0.717) is 16.2 Å². The minimum absolute atomic E-state index is 0.305. The van der Waals surface area contributed by atoms with Crippen LogP contribution in [0.5, 0.6) is 0 Å². The topological polar surface area (TPSA) is 75.3 Å². The van der Waals surface area contributed by atoms with Gasteiger partial charge in [-0.3, -0.25) is 4.68 Å². The Balaban J connectivity index is 2.60. The largest absolute Gasteiger partial charge is 0.479 e. The van der Waals surface area contributed by atoms with E-state index in [1.807, 2.05) is 0 Å². The second-order valence-corrected chi connectivity index (χ2v) is 3.79. The molecule has 1 aromatic heterocycles. The van der Waals surface area contributed by atoms with E-state index in [1.54, 1.807) is 19.2 Å². The van der Waals surface area contributed by atoms with Crippen LogP contribution in [-0.4, -0.2) is 26.0 Å². The number of rotatable bonds is 2. The fraction of sp³-hybridized carbons (Fsp3) is 0.200. The second-order valence-electron chi connectivity index (χ2n) is 3.43. The Bertz CT molecular complexity index is 564. The van der Waals surface area contributed by atoms with Gasteiger partial charge >= 0.3 is 5.97 Å². The molecule has 0 spiro atoms. The molecule has 16 heavy (non-hydrogen) atoms. The molecule has 0 fully saturated rings. The van der Waals surface area contributed by atoms with Crippen LogP contribution in [0.3, 0.4) is 0 Å². The van der Waals surface area contributed by atoms with Crippen molar-refractivity contribution in [2.24, 2.45) is 7.05 Å². The highest BCUT2D eigenvalue weighted by Gasteiger charge is 2.17. The smallest absolute Gasteiger partial charge is 0.337 e. The van der Waals surface area contributed by atoms with Gasteiger partial charge in [-0.2, -0.15) is 5.10 Å². The lowest BCUT2D eigenvalue weighted by Crippen LogP contribution is -2.10. The molecule has 0 bridgehead atoms. The standard InChI is InChI=1S/C10H9ClN2O3/c1-13-7-4-5(8(14)10(15)16)2-3-6(7)9(11)12-13/h2-4,8,14H,1H3,(H,15,16). The maximum atomic E-state index is 10.6. The van der Waals surface area contributed by atoms with Gasteiger partial charge in [-0.1, -0.05) is 17.7 Å². The van der Waals surface area contributed by atoms with Crippen molar-refractivity contribution in [3.05, 3.63) is 28.9 Å². The number of carbonyl (C=O) groups is 1. The lowest BCUT2D eigenvalue weighted by Gasteiger charge is -2.05. The summed E-state index contributed by atoms with van der Waals surface area (Å²) in [5.74, 6) is -1.28. The van der Waals surface area contributed by atoms with Gasteiger partial charge in [0.1, 0.15) is 0 Å². The molecular weight excluding hydrogens is 232 g/mol. The van der Waals surface area contributed by atoms with Crippen molar-refractivity contribution in [2.45, 2.75) is 6.10 Å². The molecule has 1 heterocycles. The van der Waals surface area contributed by atoms with Crippen LogP contribution in [0.2, 0.25) is 5.15 Å². The monoisotopic (exact) mass is 240 g/mol. The molecule has 0 amide bonds. The summed E-state index contributed by atoms with van der Waals surface area (Å²) < 4.78 is 1.54. The van der Waals surface area contributed by atoms with Crippen LogP contribution < -0.4 is 0 Å². The van der Waals surface area contributed by atoms with E-state index in [9.17, 15) is 9.90 Å². The molecule has 6 heteroatoms. The third-order valence-electron chi connectivity index (χ3n) is 2.38. The van der Waals surface area contributed by atoms with Gasteiger partial charge in [-0.25, -0.2) is 4.79 Å². The highest BCUT2D eigenvalue weighted by atomic mass is 35.5. The molecule has 5 nitrogen and oxygen atoms in total. The first-order valence-corrected chi connectivity index (χ1v) is 4.91. The van der Waals surface area contributed by atoms with Gasteiger partial charge in [0.05, 0.1) is 5.52 Å². The summed E-state index contributed by atoms with van der Waals surface area (Å²) in [5, 5.41) is 23.1. The number of hydrogen-bond acceptors (Lipinski definition) is 3. The van der Waals surface area contributed by atoms with Crippen LogP contribution in [0.15, 0.2) is 18.2 Å². The van der Waals surface area contributed by atoms with Gasteiger partial charge in [-0.05, 0) is 17.7 Å². The van der Waals surface area contributed by atoms with E-state index in [1.165, 1.54) is 10.7 Å². The zero-order valence-electron chi connectivity index (χ0n) is 8.38. The maximum absolute atomic E-state index is 10.6. The van der Waals surface area contributed by atoms with Gasteiger partial charge in [0.15, 0.2) is 11.3 Å². The summed E-state index contributed by atoms with van der Waals surface area (Å²) in [6.45, 7) is 0. The minimum atomic E-state index is -1.53. The zero-order chi connectivity index (χ0) is 11.9. The minimum Gasteiger partial charge on any atom is -0.479 e. The van der Waals surface area contributed by atoms with Crippen LogP contribution in [-0.2, 0) is 11.8 Å². The average Bonchev–Trinajstić information content (AvgIpc) is 2.53. The van der Waals surface area contributed by atoms with Crippen molar-refractivity contribution >= 4 is 28.5 Å². The van der Waals surface area contributed by atoms with Crippen LogP contribution in [0, 0.1) is 0 Å². The first-order valence-electron chi connectivity index (χ1n) is 4.53. The number of fused-ring (bicyclic) bond motifs is 1. The Morgan fingerprint density at radius 3 is 2.88 bits per heavy atom. The first kappa shape index (κ1) is 10.9. The number of aliphatic hydroxyl groups is 1. The van der Waals surface area contributed by atoms with Crippen molar-refractivity contribution in [3.8, 4) is 0 Å². The molecule has 0 radical (unpaired) electrons. The molecule has 0 saturated carbocycles. The highest BCUT2D eigenvalue weighted by Crippen LogP contribution is 2.25. The molecular formula is C10H9ClN2O3. The van der Waals surface area contributed by atoms with Crippen LogP contribution >= 0.6 is 11.6 Å². The number of hydrogen-bond donors (Lipinski definition) is 2. The normalized spacial score (nSPS) is 12.9. The molecule has 2 N–H and O–H groups in total. The third kappa shape index (κ3) is 1.64. The van der Waals surface area contributed by atoms with E-state index in [2.05, 4.69) is 5.10 Å². The number of aliphatic hydroxyl groups excluding tert-OH is 1. The SMILES string of the molecule is Cn1nc(Cl)c2ccc(C(O)C(=O)O)cc21. The Labute approximate surface area is 95.9 Å². The molecule has 2 rings (SSSR count). The Morgan fingerprint density at radius 1 is 1.56 bits per heavy atom. The summed E-state index contributed by atoms with van der Waals surface area (Å²) in [5.41, 5.74) is 0.988. The predicted molar refractivity (Wildman–Crippen MR) is 58.3 cm³/mol. The van der Waals surface area contributed by atoms with Crippen LogP contribution in [0.25, 0.3) is 10.9 Å². The number of benzene rings is 1. The predicted octanol–water partition coefficient (Wildman–Crippen LogP) is 1.34. The molecule has 2 aromatic rings. The zero-order valence-corrected chi connectivity index (χ0v) is 9.14.